The van der Waals surface area contributed by atoms with E-state index in [1.807, 2.05) is 0 Å². The maximum Gasteiger partial charge on any atom is 0.273 e. The number of ether oxygens (including phenoxy) is 1. The Bertz CT molecular complexity index is 464. The summed E-state index contributed by atoms with van der Waals surface area (Å²) in [6.07, 6.45) is 0. The van der Waals surface area contributed by atoms with Gasteiger partial charge in [0.15, 0.2) is 0 Å². The smallest absolute Gasteiger partial charge is 0.273 e. The first kappa shape index (κ1) is 15.2. The molecule has 1 aromatic rings. The van der Waals surface area contributed by atoms with Crippen molar-refractivity contribution in [1.82, 2.24) is 5.32 Å². The number of hydrogen-bond acceptors (Lipinski definition) is 4. The molecule has 1 rings (SSSR count). The molecule has 0 amide bonds. The van der Waals surface area contributed by atoms with Crippen LogP contribution in [0.1, 0.15) is 20.8 Å². The number of rotatable bonds is 6. The van der Waals surface area contributed by atoms with E-state index in [0.29, 0.717) is 18.9 Å². The molecular weight excluding hydrogens is 244 g/mol. The zero-order chi connectivity index (χ0) is 14.5. The van der Waals surface area contributed by atoms with Gasteiger partial charge in [0.25, 0.3) is 5.69 Å². The van der Waals surface area contributed by atoms with Crippen LogP contribution in [0.15, 0.2) is 36.4 Å². The van der Waals surface area contributed by atoms with Gasteiger partial charge < -0.3 is 10.1 Å². The molecule has 5 nitrogen and oxygen atoms in total. The zero-order valence-corrected chi connectivity index (χ0v) is 11.6. The molecule has 0 saturated heterocycles. The minimum absolute atomic E-state index is 0.0223. The van der Waals surface area contributed by atoms with Crippen molar-refractivity contribution in [3.8, 4) is 5.75 Å². The van der Waals surface area contributed by atoms with Gasteiger partial charge in [0, 0.05) is 18.2 Å². The van der Waals surface area contributed by atoms with Crippen LogP contribution < -0.4 is 10.1 Å². The van der Waals surface area contributed by atoms with Gasteiger partial charge in [-0.1, -0.05) is 12.6 Å². The first-order valence-electron chi connectivity index (χ1n) is 6.07. The molecule has 0 atom stereocenters. The van der Waals surface area contributed by atoms with Gasteiger partial charge in [-0.05, 0) is 32.4 Å². The summed E-state index contributed by atoms with van der Waals surface area (Å²) in [7, 11) is 0. The van der Waals surface area contributed by atoms with E-state index in [4.69, 9.17) is 4.74 Å². The summed E-state index contributed by atoms with van der Waals surface area (Å²) >= 11 is 0. The highest BCUT2D eigenvalue weighted by molar-refractivity contribution is 5.38. The van der Waals surface area contributed by atoms with Crippen LogP contribution in [0.2, 0.25) is 0 Å². The van der Waals surface area contributed by atoms with Gasteiger partial charge >= 0.3 is 0 Å². The molecule has 0 saturated carbocycles. The fourth-order valence-corrected chi connectivity index (χ4v) is 1.31. The number of hydrogen-bond donors (Lipinski definition) is 1. The molecule has 0 unspecified atom stereocenters. The monoisotopic (exact) mass is 264 g/mol. The Labute approximate surface area is 113 Å². The highest BCUT2D eigenvalue weighted by Gasteiger charge is 2.10. The minimum atomic E-state index is -0.442. The van der Waals surface area contributed by atoms with E-state index < -0.39 is 4.92 Å². The Kier molecular flexibility index (Phi) is 5.06. The lowest BCUT2D eigenvalue weighted by atomic mass is 10.1. The molecular formula is C14H20N2O3. The van der Waals surface area contributed by atoms with E-state index in [9.17, 15) is 10.1 Å². The summed E-state index contributed by atoms with van der Waals surface area (Å²) in [5, 5.41) is 13.9. The second-order valence-corrected chi connectivity index (χ2v) is 5.40. The Hall–Kier alpha value is -1.88. The van der Waals surface area contributed by atoms with Gasteiger partial charge in [-0.3, -0.25) is 10.1 Å². The molecule has 1 aromatic carbocycles. The van der Waals surface area contributed by atoms with Gasteiger partial charge in [-0.15, -0.1) is 0 Å². The Morgan fingerprint density at radius 3 is 2.74 bits per heavy atom. The average molecular weight is 264 g/mol. The third kappa shape index (κ3) is 6.01. The van der Waals surface area contributed by atoms with Crippen LogP contribution in [-0.4, -0.2) is 23.6 Å². The van der Waals surface area contributed by atoms with Crippen molar-refractivity contribution >= 4 is 5.69 Å². The van der Waals surface area contributed by atoms with Crippen LogP contribution in [0, 0.1) is 10.1 Å². The van der Waals surface area contributed by atoms with Crippen molar-refractivity contribution in [1.29, 1.82) is 0 Å². The lowest BCUT2D eigenvalue weighted by Gasteiger charge is -2.21. The van der Waals surface area contributed by atoms with Gasteiger partial charge in [0.2, 0.25) is 0 Å². The zero-order valence-electron chi connectivity index (χ0n) is 11.6. The summed E-state index contributed by atoms with van der Waals surface area (Å²) in [5.74, 6) is 0.478. The number of non-ortho nitro benzene ring substituents is 1. The van der Waals surface area contributed by atoms with Crippen molar-refractivity contribution in [2.45, 2.75) is 26.3 Å². The van der Waals surface area contributed by atoms with Crippen LogP contribution in [0.3, 0.4) is 0 Å². The standard InChI is InChI=1S/C14H20N2O3/c1-11(9-15-14(2,3)4)10-19-13-7-5-6-12(8-13)16(17)18/h5-8,15H,1,9-10H2,2-4H3. The highest BCUT2D eigenvalue weighted by Crippen LogP contribution is 2.19. The molecule has 1 N–H and O–H groups in total. The second kappa shape index (κ2) is 6.33. The van der Waals surface area contributed by atoms with Crippen LogP contribution in [0.4, 0.5) is 5.69 Å². The molecule has 0 spiro atoms. The predicted octanol–water partition coefficient (Wildman–Crippen LogP) is 2.92. The maximum atomic E-state index is 10.6. The molecule has 0 fully saturated rings. The van der Waals surface area contributed by atoms with Gasteiger partial charge in [0.1, 0.15) is 12.4 Å². The van der Waals surface area contributed by atoms with E-state index in [1.54, 1.807) is 12.1 Å². The third-order valence-corrected chi connectivity index (χ3v) is 2.34. The molecule has 0 aliphatic rings. The molecule has 0 aliphatic heterocycles. The molecule has 0 bridgehead atoms. The summed E-state index contributed by atoms with van der Waals surface area (Å²) in [5.41, 5.74) is 0.937. The first-order chi connectivity index (χ1) is 8.78. The summed E-state index contributed by atoms with van der Waals surface area (Å²) in [4.78, 5) is 10.2. The van der Waals surface area contributed by atoms with Crippen molar-refractivity contribution in [3.63, 3.8) is 0 Å². The third-order valence-electron chi connectivity index (χ3n) is 2.34. The normalized spacial score (nSPS) is 11.1. The number of nitrogens with zero attached hydrogens (tertiary/aromatic N) is 1. The van der Waals surface area contributed by atoms with Gasteiger partial charge in [-0.2, -0.15) is 0 Å². The molecule has 0 aliphatic carbocycles. The highest BCUT2D eigenvalue weighted by atomic mass is 16.6. The van der Waals surface area contributed by atoms with Crippen LogP contribution in [0.25, 0.3) is 0 Å². The molecule has 5 heteroatoms. The van der Waals surface area contributed by atoms with E-state index in [-0.39, 0.29) is 11.2 Å². The van der Waals surface area contributed by atoms with Crippen LogP contribution in [-0.2, 0) is 0 Å². The Balaban J connectivity index is 2.46. The minimum Gasteiger partial charge on any atom is -0.489 e. The fraction of sp³-hybridized carbons (Fsp3) is 0.429. The van der Waals surface area contributed by atoms with Crippen molar-refractivity contribution in [2.75, 3.05) is 13.2 Å². The lowest BCUT2D eigenvalue weighted by molar-refractivity contribution is -0.384. The van der Waals surface area contributed by atoms with Gasteiger partial charge in [-0.25, -0.2) is 0 Å². The van der Waals surface area contributed by atoms with Crippen molar-refractivity contribution in [2.24, 2.45) is 0 Å². The summed E-state index contributed by atoms with van der Waals surface area (Å²) in [6, 6.07) is 6.13. The van der Waals surface area contributed by atoms with E-state index in [1.165, 1.54) is 12.1 Å². The van der Waals surface area contributed by atoms with E-state index >= 15 is 0 Å². The summed E-state index contributed by atoms with van der Waals surface area (Å²) < 4.78 is 5.48. The number of nitrogens with one attached hydrogen (secondary N) is 1. The molecule has 0 heterocycles. The second-order valence-electron chi connectivity index (χ2n) is 5.40. The number of nitro groups is 1. The summed E-state index contributed by atoms with van der Waals surface area (Å²) in [6.45, 7) is 11.1. The number of benzene rings is 1. The molecule has 0 radical (unpaired) electrons. The van der Waals surface area contributed by atoms with Crippen LogP contribution >= 0.6 is 0 Å². The molecule has 19 heavy (non-hydrogen) atoms. The van der Waals surface area contributed by atoms with E-state index in [0.717, 1.165) is 5.57 Å². The SMILES string of the molecule is C=C(CNC(C)(C)C)COc1cccc([N+](=O)[O-])c1. The quantitative estimate of drug-likeness (QED) is 0.487. The van der Waals surface area contributed by atoms with Crippen molar-refractivity contribution in [3.05, 3.63) is 46.5 Å². The van der Waals surface area contributed by atoms with Gasteiger partial charge in [0.05, 0.1) is 11.0 Å². The predicted molar refractivity (Wildman–Crippen MR) is 75.5 cm³/mol. The molecule has 104 valence electrons. The molecule has 0 aromatic heterocycles. The fourth-order valence-electron chi connectivity index (χ4n) is 1.31. The lowest BCUT2D eigenvalue weighted by Crippen LogP contribution is -2.37. The van der Waals surface area contributed by atoms with E-state index in [2.05, 4.69) is 32.7 Å². The largest absolute Gasteiger partial charge is 0.489 e. The maximum absolute atomic E-state index is 10.6. The van der Waals surface area contributed by atoms with Crippen molar-refractivity contribution < 1.29 is 9.66 Å². The Morgan fingerprint density at radius 2 is 2.16 bits per heavy atom. The van der Waals surface area contributed by atoms with Crippen LogP contribution in [0.5, 0.6) is 5.75 Å². The first-order valence-corrected chi connectivity index (χ1v) is 6.07. The topological polar surface area (TPSA) is 64.4 Å². The number of nitro benzene ring substituents is 1. The average Bonchev–Trinajstić information content (AvgIpc) is 2.33. The Morgan fingerprint density at radius 1 is 1.47 bits per heavy atom.